The number of carboxylic acids is 1. The Morgan fingerprint density at radius 1 is 1.50 bits per heavy atom. The third kappa shape index (κ3) is 3.20. The van der Waals surface area contributed by atoms with E-state index >= 15 is 0 Å². The molecule has 1 N–H and O–H groups in total. The molecule has 0 amide bonds. The lowest BCUT2D eigenvalue weighted by atomic mass is 10.1. The maximum atomic E-state index is 11.2. The molecular weight excluding hydrogens is 234 g/mol. The smallest absolute Gasteiger partial charge is 0.337 e. The Balaban J connectivity index is 2.96. The Morgan fingerprint density at radius 2 is 2.19 bits per heavy atom. The molecule has 1 aromatic heterocycles. The summed E-state index contributed by atoms with van der Waals surface area (Å²) in [6.45, 7) is 1.91. The van der Waals surface area contributed by atoms with Crippen molar-refractivity contribution in [1.82, 2.24) is 4.98 Å². The zero-order valence-corrected chi connectivity index (χ0v) is 9.32. The van der Waals surface area contributed by atoms with E-state index in [1.54, 1.807) is 6.92 Å². The fraction of sp³-hybridized carbons (Fsp3) is 0.300. The van der Waals surface area contributed by atoms with Crippen molar-refractivity contribution in [3.63, 3.8) is 0 Å². The molecule has 0 aliphatic rings. The zero-order valence-electron chi connectivity index (χ0n) is 8.57. The molecule has 1 heterocycles. The van der Waals surface area contributed by atoms with Gasteiger partial charge in [0.1, 0.15) is 5.15 Å². The van der Waals surface area contributed by atoms with Crippen molar-refractivity contribution >= 4 is 23.5 Å². The van der Waals surface area contributed by atoms with Crippen molar-refractivity contribution in [3.05, 3.63) is 28.5 Å². The summed E-state index contributed by atoms with van der Waals surface area (Å²) in [5.74, 6) is -1.68. The lowest BCUT2D eigenvalue weighted by Crippen LogP contribution is -2.13. The van der Waals surface area contributed by atoms with Crippen molar-refractivity contribution in [3.8, 4) is 0 Å². The van der Waals surface area contributed by atoms with Crippen LogP contribution in [0.1, 0.15) is 23.0 Å². The van der Waals surface area contributed by atoms with Crippen LogP contribution in [-0.2, 0) is 16.0 Å². The minimum atomic E-state index is -1.15. The number of aromatic carboxylic acids is 1. The molecule has 1 rings (SSSR count). The van der Waals surface area contributed by atoms with Gasteiger partial charge < -0.3 is 9.84 Å². The monoisotopic (exact) mass is 243 g/mol. The second-order valence-electron chi connectivity index (χ2n) is 2.92. The first-order valence-electron chi connectivity index (χ1n) is 4.59. The Labute approximate surface area is 97.0 Å². The van der Waals surface area contributed by atoms with E-state index in [-0.39, 0.29) is 29.4 Å². The molecule has 0 unspecified atom stereocenters. The fourth-order valence-corrected chi connectivity index (χ4v) is 1.32. The first-order valence-corrected chi connectivity index (χ1v) is 4.96. The van der Waals surface area contributed by atoms with Crippen molar-refractivity contribution in [2.45, 2.75) is 13.3 Å². The van der Waals surface area contributed by atoms with E-state index in [0.29, 0.717) is 0 Å². The summed E-state index contributed by atoms with van der Waals surface area (Å²) in [6.07, 6.45) is -0.198. The predicted octanol–water partition coefficient (Wildman–Crippen LogP) is 1.54. The number of carbonyl (C=O) groups is 2. The molecule has 5 nitrogen and oxygen atoms in total. The number of hydrogen-bond donors (Lipinski definition) is 1. The van der Waals surface area contributed by atoms with Crippen LogP contribution in [0.2, 0.25) is 5.15 Å². The first kappa shape index (κ1) is 12.4. The third-order valence-corrected chi connectivity index (χ3v) is 2.00. The number of rotatable bonds is 4. The Hall–Kier alpha value is -1.62. The van der Waals surface area contributed by atoms with Gasteiger partial charge in [-0.2, -0.15) is 0 Å². The molecule has 0 radical (unpaired) electrons. The number of pyridine rings is 1. The van der Waals surface area contributed by atoms with Gasteiger partial charge in [0.25, 0.3) is 0 Å². The predicted molar refractivity (Wildman–Crippen MR) is 56.5 cm³/mol. The van der Waals surface area contributed by atoms with E-state index in [2.05, 4.69) is 4.98 Å². The van der Waals surface area contributed by atoms with Crippen LogP contribution in [0.15, 0.2) is 12.1 Å². The summed E-state index contributed by atoms with van der Waals surface area (Å²) in [5, 5.41) is 9.01. The number of esters is 1. The quantitative estimate of drug-likeness (QED) is 0.641. The number of carboxylic acid groups (broad SMARTS) is 1. The van der Waals surface area contributed by atoms with Gasteiger partial charge in [-0.15, -0.1) is 0 Å². The highest BCUT2D eigenvalue weighted by molar-refractivity contribution is 6.29. The fourth-order valence-electron chi connectivity index (χ4n) is 1.15. The van der Waals surface area contributed by atoms with E-state index in [0.717, 1.165) is 0 Å². The summed E-state index contributed by atoms with van der Waals surface area (Å²) in [7, 11) is 0. The average molecular weight is 244 g/mol. The number of aromatic nitrogens is 1. The number of halogens is 1. The Kier molecular flexibility index (Phi) is 4.25. The van der Waals surface area contributed by atoms with Gasteiger partial charge in [0, 0.05) is 0 Å². The molecule has 1 aromatic rings. The number of hydrogen-bond acceptors (Lipinski definition) is 4. The van der Waals surface area contributed by atoms with Gasteiger partial charge in [0.2, 0.25) is 0 Å². The van der Waals surface area contributed by atoms with Crippen LogP contribution in [0, 0.1) is 0 Å². The first-order chi connectivity index (χ1) is 7.54. The van der Waals surface area contributed by atoms with E-state index in [4.69, 9.17) is 21.4 Å². The SMILES string of the molecule is CCOC(=O)Cc1nc(Cl)ccc1C(=O)O. The highest BCUT2D eigenvalue weighted by Crippen LogP contribution is 2.12. The summed E-state index contributed by atoms with van der Waals surface area (Å²) < 4.78 is 4.71. The lowest BCUT2D eigenvalue weighted by molar-refractivity contribution is -0.142. The molecule has 16 heavy (non-hydrogen) atoms. The normalized spacial score (nSPS) is 9.88. The van der Waals surface area contributed by atoms with Gasteiger partial charge >= 0.3 is 11.9 Å². The minimum absolute atomic E-state index is 0.0440. The van der Waals surface area contributed by atoms with Crippen LogP contribution < -0.4 is 0 Å². The van der Waals surface area contributed by atoms with Gasteiger partial charge in [-0.05, 0) is 19.1 Å². The minimum Gasteiger partial charge on any atom is -0.478 e. The summed E-state index contributed by atoms with van der Waals surface area (Å²) in [6, 6.07) is 2.67. The summed E-state index contributed by atoms with van der Waals surface area (Å²) in [5.41, 5.74) is 0.0657. The van der Waals surface area contributed by atoms with Crippen LogP contribution >= 0.6 is 11.6 Å². The van der Waals surface area contributed by atoms with Gasteiger partial charge in [0.15, 0.2) is 0 Å². The molecule has 0 saturated heterocycles. The van der Waals surface area contributed by atoms with E-state index in [1.165, 1.54) is 12.1 Å². The second kappa shape index (κ2) is 5.46. The molecule has 0 aliphatic heterocycles. The van der Waals surface area contributed by atoms with Crippen molar-refractivity contribution < 1.29 is 19.4 Å². The molecule has 0 fully saturated rings. The van der Waals surface area contributed by atoms with Gasteiger partial charge in [-0.25, -0.2) is 9.78 Å². The maximum Gasteiger partial charge on any atom is 0.337 e. The molecule has 0 saturated carbocycles. The van der Waals surface area contributed by atoms with Crippen LogP contribution in [0.25, 0.3) is 0 Å². The van der Waals surface area contributed by atoms with E-state index < -0.39 is 11.9 Å². The molecular formula is C10H10ClNO4. The van der Waals surface area contributed by atoms with Gasteiger partial charge in [-0.3, -0.25) is 4.79 Å². The zero-order chi connectivity index (χ0) is 12.1. The highest BCUT2D eigenvalue weighted by Gasteiger charge is 2.15. The third-order valence-electron chi connectivity index (χ3n) is 1.79. The summed E-state index contributed by atoms with van der Waals surface area (Å²) in [4.78, 5) is 25.8. The van der Waals surface area contributed by atoms with Crippen molar-refractivity contribution in [2.24, 2.45) is 0 Å². The molecule has 0 bridgehead atoms. The number of ether oxygens (including phenoxy) is 1. The highest BCUT2D eigenvalue weighted by atomic mass is 35.5. The molecule has 86 valence electrons. The van der Waals surface area contributed by atoms with E-state index in [1.807, 2.05) is 0 Å². The van der Waals surface area contributed by atoms with Crippen molar-refractivity contribution in [1.29, 1.82) is 0 Å². The number of nitrogens with zero attached hydrogens (tertiary/aromatic N) is 1. The van der Waals surface area contributed by atoms with E-state index in [9.17, 15) is 9.59 Å². The molecule has 0 aliphatic carbocycles. The van der Waals surface area contributed by atoms with Crippen molar-refractivity contribution in [2.75, 3.05) is 6.61 Å². The average Bonchev–Trinajstić information content (AvgIpc) is 2.17. The second-order valence-corrected chi connectivity index (χ2v) is 3.30. The standard InChI is InChI=1S/C10H10ClNO4/c1-2-16-9(13)5-7-6(10(14)15)3-4-8(11)12-7/h3-4H,2,5H2,1H3,(H,14,15). The largest absolute Gasteiger partial charge is 0.478 e. The van der Waals surface area contributed by atoms with Gasteiger partial charge in [0.05, 0.1) is 24.3 Å². The summed E-state index contributed by atoms with van der Waals surface area (Å²) >= 11 is 5.63. The molecule has 0 atom stereocenters. The lowest BCUT2D eigenvalue weighted by Gasteiger charge is -2.05. The Bertz CT molecular complexity index is 419. The topological polar surface area (TPSA) is 76.5 Å². The molecule has 0 aromatic carbocycles. The van der Waals surface area contributed by atoms with Crippen LogP contribution in [0.3, 0.4) is 0 Å². The molecule has 0 spiro atoms. The maximum absolute atomic E-state index is 11.2. The molecule has 6 heteroatoms. The van der Waals surface area contributed by atoms with Gasteiger partial charge in [-0.1, -0.05) is 11.6 Å². The number of carbonyl (C=O) groups excluding carboxylic acids is 1. The van der Waals surface area contributed by atoms with Crippen LogP contribution in [-0.4, -0.2) is 28.6 Å². The van der Waals surface area contributed by atoms with Crippen LogP contribution in [0.5, 0.6) is 0 Å². The van der Waals surface area contributed by atoms with Crippen LogP contribution in [0.4, 0.5) is 0 Å². The Morgan fingerprint density at radius 3 is 2.75 bits per heavy atom.